The zero-order valence-corrected chi connectivity index (χ0v) is 7.97. The average molecular weight is 185 g/mol. The Morgan fingerprint density at radius 1 is 1.77 bits per heavy atom. The molecule has 1 rings (SSSR count). The van der Waals surface area contributed by atoms with Gasteiger partial charge < -0.3 is 4.74 Å². The van der Waals surface area contributed by atoms with Crippen LogP contribution in [0.2, 0.25) is 0 Å². The quantitative estimate of drug-likeness (QED) is 0.496. The third kappa shape index (κ3) is 1.60. The van der Waals surface area contributed by atoms with Crippen molar-refractivity contribution in [3.63, 3.8) is 0 Å². The normalized spacial score (nSPS) is 28.7. The first-order valence-electron chi connectivity index (χ1n) is 5.29. The molecule has 0 aromatic carbocycles. The Balaban J connectivity index is 2.78. The van der Waals surface area contributed by atoms with Crippen molar-refractivity contribution in [2.45, 2.75) is 39.0 Å². The molecule has 3 nitrogen and oxygen atoms in total. The molecule has 0 aromatic heterocycles. The van der Waals surface area contributed by atoms with Crippen LogP contribution in [0, 0.1) is 5.41 Å². The molecule has 0 radical (unpaired) electrons. The van der Waals surface area contributed by atoms with Crippen LogP contribution in [0.4, 0.5) is 0 Å². The van der Waals surface area contributed by atoms with Crippen LogP contribution in [-0.4, -0.2) is 18.9 Å². The van der Waals surface area contributed by atoms with Crippen LogP contribution in [0.15, 0.2) is 0 Å². The van der Waals surface area contributed by atoms with E-state index >= 15 is 0 Å². The lowest BCUT2D eigenvalue weighted by atomic mass is 9.81. The molecule has 0 spiro atoms. The number of ketones is 1. The first-order valence-corrected chi connectivity index (χ1v) is 4.58. The number of carbonyl (C=O) groups is 2. The second-order valence-electron chi connectivity index (χ2n) is 3.45. The van der Waals surface area contributed by atoms with Crippen LogP contribution >= 0.6 is 0 Å². The highest BCUT2D eigenvalue weighted by molar-refractivity contribution is 6.05. The summed E-state index contributed by atoms with van der Waals surface area (Å²) in [7, 11) is 1.32. The number of carbonyl (C=O) groups excluding carboxylic acids is 2. The Morgan fingerprint density at radius 2 is 2.54 bits per heavy atom. The molecule has 0 bridgehead atoms. The lowest BCUT2D eigenvalue weighted by Crippen LogP contribution is -2.36. The summed E-state index contributed by atoms with van der Waals surface area (Å²) < 4.78 is 11.7. The highest BCUT2D eigenvalue weighted by atomic mass is 16.5. The van der Waals surface area contributed by atoms with Gasteiger partial charge in [-0.3, -0.25) is 9.59 Å². The largest absolute Gasteiger partial charge is 0.468 e. The highest BCUT2D eigenvalue weighted by Crippen LogP contribution is 2.39. The first kappa shape index (κ1) is 8.73. The summed E-state index contributed by atoms with van der Waals surface area (Å²) in [6, 6.07) is 0. The van der Waals surface area contributed by atoms with Gasteiger partial charge in [-0.05, 0) is 19.3 Å². The number of methoxy groups -OCH3 is 1. The lowest BCUT2D eigenvalue weighted by Gasteiger charge is -2.23. The van der Waals surface area contributed by atoms with Gasteiger partial charge in [-0.25, -0.2) is 0 Å². The van der Waals surface area contributed by atoms with Gasteiger partial charge in [-0.1, -0.05) is 13.3 Å². The fraction of sp³-hybridized carbons (Fsp3) is 0.800. The fourth-order valence-electron chi connectivity index (χ4n) is 2.01. The minimum atomic E-state index is -0.907. The van der Waals surface area contributed by atoms with Crippen molar-refractivity contribution >= 4 is 11.8 Å². The van der Waals surface area contributed by atoms with Crippen LogP contribution in [0.1, 0.15) is 40.4 Å². The average Bonchev–Trinajstić information content (AvgIpc) is 2.57. The van der Waals surface area contributed by atoms with Gasteiger partial charge in [0.1, 0.15) is 11.2 Å². The molecule has 0 aromatic rings. The zero-order chi connectivity index (χ0) is 10.6. The number of Topliss-reactive ketones (excluding diaryl/α,β-unsaturated/α-hetero) is 1. The second-order valence-corrected chi connectivity index (χ2v) is 3.45. The Labute approximate surface area is 79.9 Å². The van der Waals surface area contributed by atoms with Gasteiger partial charge in [0.15, 0.2) is 0 Å². The molecule has 13 heavy (non-hydrogen) atoms. The first-order chi connectivity index (χ1) is 6.67. The Morgan fingerprint density at radius 3 is 3.00 bits per heavy atom. The molecule has 1 fully saturated rings. The topological polar surface area (TPSA) is 43.4 Å². The summed E-state index contributed by atoms with van der Waals surface area (Å²) >= 11 is 0. The number of hydrogen-bond donors (Lipinski definition) is 0. The van der Waals surface area contributed by atoms with Crippen molar-refractivity contribution in [1.29, 1.82) is 0 Å². The van der Waals surface area contributed by atoms with Gasteiger partial charge in [0.2, 0.25) is 0 Å². The summed E-state index contributed by atoms with van der Waals surface area (Å²) in [4.78, 5) is 23.2. The summed E-state index contributed by atoms with van der Waals surface area (Å²) in [5, 5.41) is 0. The van der Waals surface area contributed by atoms with Crippen LogP contribution in [0.25, 0.3) is 0 Å². The number of hydrogen-bond acceptors (Lipinski definition) is 3. The van der Waals surface area contributed by atoms with Crippen LogP contribution in [0.5, 0.6) is 0 Å². The van der Waals surface area contributed by atoms with E-state index in [-0.39, 0.29) is 12.7 Å². The molecule has 74 valence electrons. The Bertz CT molecular complexity index is 240. The molecule has 1 atom stereocenters. The van der Waals surface area contributed by atoms with Gasteiger partial charge in [-0.15, -0.1) is 0 Å². The van der Waals surface area contributed by atoms with Crippen molar-refractivity contribution in [1.82, 2.24) is 0 Å². The smallest absolute Gasteiger partial charge is 0.319 e. The predicted molar refractivity (Wildman–Crippen MR) is 48.2 cm³/mol. The van der Waals surface area contributed by atoms with E-state index in [9.17, 15) is 9.59 Å². The minimum Gasteiger partial charge on any atom is -0.468 e. The van der Waals surface area contributed by atoms with Gasteiger partial charge >= 0.3 is 5.97 Å². The SMILES string of the molecule is [2H]CCC[C@@]1(C(=O)OC)CCCC1=O. The van der Waals surface area contributed by atoms with E-state index in [0.29, 0.717) is 25.7 Å². The lowest BCUT2D eigenvalue weighted by molar-refractivity contribution is -0.157. The van der Waals surface area contributed by atoms with Crippen molar-refractivity contribution in [2.24, 2.45) is 5.41 Å². The summed E-state index contributed by atoms with van der Waals surface area (Å²) in [5.74, 6) is -0.411. The molecular weight excluding hydrogens is 168 g/mol. The standard InChI is InChI=1S/C10H16O3/c1-3-6-10(9(12)13-2)7-4-5-8(10)11/h3-7H2,1-2H3/t10-/m1/s1/i1D. The number of rotatable bonds is 3. The maximum Gasteiger partial charge on any atom is 0.319 e. The molecule has 1 aliphatic carbocycles. The third-order valence-corrected chi connectivity index (χ3v) is 2.72. The number of esters is 1. The van der Waals surface area contributed by atoms with Crippen LogP contribution < -0.4 is 0 Å². The van der Waals surface area contributed by atoms with E-state index in [1.807, 2.05) is 0 Å². The zero-order valence-electron chi connectivity index (χ0n) is 8.97. The van der Waals surface area contributed by atoms with Gasteiger partial charge in [0.05, 0.1) is 7.11 Å². The Hall–Kier alpha value is -0.860. The predicted octanol–water partition coefficient (Wildman–Crippen LogP) is 1.70. The van der Waals surface area contributed by atoms with Crippen LogP contribution in [0.3, 0.4) is 0 Å². The van der Waals surface area contributed by atoms with Gasteiger partial charge in [-0.2, -0.15) is 0 Å². The third-order valence-electron chi connectivity index (χ3n) is 2.72. The Kier molecular flexibility index (Phi) is 2.62. The molecule has 3 heteroatoms. The monoisotopic (exact) mass is 185 g/mol. The number of ether oxygens (including phenoxy) is 1. The second kappa shape index (κ2) is 3.90. The van der Waals surface area contributed by atoms with Crippen molar-refractivity contribution in [3.8, 4) is 0 Å². The molecule has 0 saturated heterocycles. The van der Waals surface area contributed by atoms with Gasteiger partial charge in [0, 0.05) is 7.79 Å². The molecule has 0 N–H and O–H groups in total. The van der Waals surface area contributed by atoms with Crippen molar-refractivity contribution in [3.05, 3.63) is 0 Å². The molecule has 0 heterocycles. The van der Waals surface area contributed by atoms with Gasteiger partial charge in [0.25, 0.3) is 0 Å². The molecule has 1 saturated carbocycles. The molecule has 0 aliphatic heterocycles. The van der Waals surface area contributed by atoms with E-state index < -0.39 is 11.4 Å². The minimum absolute atomic E-state index is 0.00204. The fourth-order valence-corrected chi connectivity index (χ4v) is 2.01. The highest BCUT2D eigenvalue weighted by Gasteiger charge is 2.48. The summed E-state index contributed by atoms with van der Waals surface area (Å²) in [6.07, 6.45) is 2.90. The van der Waals surface area contributed by atoms with E-state index in [4.69, 9.17) is 1.37 Å². The van der Waals surface area contributed by atoms with E-state index in [1.54, 1.807) is 0 Å². The molecule has 1 aliphatic rings. The molecule has 0 amide bonds. The molecule has 0 unspecified atom stereocenters. The van der Waals surface area contributed by atoms with Crippen molar-refractivity contribution < 1.29 is 15.7 Å². The van der Waals surface area contributed by atoms with Crippen molar-refractivity contribution in [2.75, 3.05) is 7.11 Å². The summed E-state index contributed by atoms with van der Waals surface area (Å²) in [6.45, 7) is 0.256. The van der Waals surface area contributed by atoms with E-state index in [0.717, 1.165) is 6.42 Å². The van der Waals surface area contributed by atoms with Crippen LogP contribution in [-0.2, 0) is 14.3 Å². The summed E-state index contributed by atoms with van der Waals surface area (Å²) in [5.41, 5.74) is -0.907. The van der Waals surface area contributed by atoms with E-state index in [2.05, 4.69) is 4.74 Å². The van der Waals surface area contributed by atoms with E-state index in [1.165, 1.54) is 7.11 Å². The maximum atomic E-state index is 11.6. The molecular formula is C10H16O3. The maximum absolute atomic E-state index is 11.6.